The van der Waals surface area contributed by atoms with Crippen LogP contribution in [0.4, 0.5) is 0 Å². The van der Waals surface area contributed by atoms with Crippen LogP contribution in [-0.2, 0) is 11.8 Å². The van der Waals surface area contributed by atoms with Crippen molar-refractivity contribution in [2.24, 2.45) is 12.0 Å². The maximum Gasteiger partial charge on any atom is 0.240 e. The van der Waals surface area contributed by atoms with Crippen molar-refractivity contribution in [3.05, 3.63) is 65.0 Å². The summed E-state index contributed by atoms with van der Waals surface area (Å²) in [6.07, 6.45) is 1.35. The van der Waals surface area contributed by atoms with Crippen LogP contribution in [0.25, 0.3) is 22.0 Å². The number of aromatic nitrogens is 2. The van der Waals surface area contributed by atoms with E-state index >= 15 is 0 Å². The number of rotatable bonds is 3. The number of ether oxygens (including phenoxy) is 1. The van der Waals surface area contributed by atoms with Crippen molar-refractivity contribution >= 4 is 40.0 Å². The fourth-order valence-electron chi connectivity index (χ4n) is 2.69. The lowest BCUT2D eigenvalue weighted by Gasteiger charge is -2.07. The highest BCUT2D eigenvalue weighted by molar-refractivity contribution is 6.36. The number of aryl methyl sites for hydroxylation is 1. The molecular formula is C18H15Cl2N3O. The molecule has 0 atom stereocenters. The SMILES string of the molecule is C=CO/C(=N\C)c1c2cccc(-c3ccc(Cl)cc3Cl)c2nn1C. The standard InChI is InChI=1S/C18H15Cl2N3O/c1-4-24-18(21-2)17-14-7-5-6-13(16(14)22-23(17)3)12-9-8-11(19)10-15(12)20/h4-10H,1H2,2-3H3/b21-18-. The van der Waals surface area contributed by atoms with Crippen LogP contribution in [0.1, 0.15) is 5.69 Å². The van der Waals surface area contributed by atoms with E-state index in [-0.39, 0.29) is 0 Å². The van der Waals surface area contributed by atoms with Crippen LogP contribution in [0.15, 0.2) is 54.2 Å². The molecule has 3 aromatic rings. The van der Waals surface area contributed by atoms with Crippen molar-refractivity contribution in [3.8, 4) is 11.1 Å². The smallest absolute Gasteiger partial charge is 0.240 e. The Morgan fingerprint density at radius 3 is 2.71 bits per heavy atom. The van der Waals surface area contributed by atoms with Crippen LogP contribution in [0.5, 0.6) is 0 Å². The van der Waals surface area contributed by atoms with Crippen LogP contribution >= 0.6 is 23.2 Å². The Bertz CT molecular complexity index is 960. The fourth-order valence-corrected chi connectivity index (χ4v) is 3.20. The van der Waals surface area contributed by atoms with E-state index in [2.05, 4.69) is 16.7 Å². The van der Waals surface area contributed by atoms with Gasteiger partial charge >= 0.3 is 0 Å². The molecule has 0 bridgehead atoms. The second-order valence-corrected chi connectivity index (χ2v) is 5.96. The molecule has 0 unspecified atom stereocenters. The van der Waals surface area contributed by atoms with Crippen LogP contribution < -0.4 is 0 Å². The van der Waals surface area contributed by atoms with E-state index in [1.807, 2.05) is 37.4 Å². The second-order valence-electron chi connectivity index (χ2n) is 5.11. The highest BCUT2D eigenvalue weighted by atomic mass is 35.5. The number of fused-ring (bicyclic) bond motifs is 1. The molecule has 24 heavy (non-hydrogen) atoms. The van der Waals surface area contributed by atoms with E-state index in [1.54, 1.807) is 17.8 Å². The summed E-state index contributed by atoms with van der Waals surface area (Å²) in [5, 5.41) is 6.73. The number of aliphatic imine (C=N–C) groups is 1. The van der Waals surface area contributed by atoms with E-state index in [1.165, 1.54) is 6.26 Å². The van der Waals surface area contributed by atoms with Crippen LogP contribution in [0, 0.1) is 0 Å². The van der Waals surface area contributed by atoms with Crippen LogP contribution in [-0.4, -0.2) is 22.7 Å². The molecule has 0 fully saturated rings. The molecule has 0 amide bonds. The zero-order valence-corrected chi connectivity index (χ0v) is 14.8. The van der Waals surface area contributed by atoms with Gasteiger partial charge in [0, 0.05) is 40.7 Å². The molecule has 1 aromatic heterocycles. The van der Waals surface area contributed by atoms with Gasteiger partial charge in [0.05, 0.1) is 6.26 Å². The third-order valence-electron chi connectivity index (χ3n) is 3.69. The fraction of sp³-hybridized carbons (Fsp3) is 0.111. The minimum absolute atomic E-state index is 0.453. The van der Waals surface area contributed by atoms with Gasteiger partial charge in [0.1, 0.15) is 11.2 Å². The molecule has 0 aliphatic heterocycles. The zero-order chi connectivity index (χ0) is 17.3. The third kappa shape index (κ3) is 2.79. The predicted octanol–water partition coefficient (Wildman–Crippen LogP) is 5.08. The molecule has 0 aliphatic carbocycles. The molecule has 3 rings (SSSR count). The average molecular weight is 360 g/mol. The predicted molar refractivity (Wildman–Crippen MR) is 99.9 cm³/mol. The van der Waals surface area contributed by atoms with E-state index in [0.717, 1.165) is 27.7 Å². The Morgan fingerprint density at radius 1 is 1.25 bits per heavy atom. The molecule has 0 saturated carbocycles. The second kappa shape index (κ2) is 6.67. The van der Waals surface area contributed by atoms with Crippen LogP contribution in [0.2, 0.25) is 10.0 Å². The molecule has 0 aliphatic rings. The minimum atomic E-state index is 0.453. The first kappa shape index (κ1) is 16.6. The lowest BCUT2D eigenvalue weighted by molar-refractivity contribution is 0.469. The summed E-state index contributed by atoms with van der Waals surface area (Å²) in [5.41, 5.74) is 3.38. The lowest BCUT2D eigenvalue weighted by atomic mass is 10.0. The molecule has 0 N–H and O–H groups in total. The van der Waals surface area contributed by atoms with Gasteiger partial charge in [-0.1, -0.05) is 54.0 Å². The molecule has 4 nitrogen and oxygen atoms in total. The van der Waals surface area contributed by atoms with Crippen molar-refractivity contribution in [1.82, 2.24) is 9.78 Å². The maximum atomic E-state index is 6.37. The van der Waals surface area contributed by atoms with Gasteiger partial charge in [0.2, 0.25) is 5.90 Å². The first-order chi connectivity index (χ1) is 11.6. The zero-order valence-electron chi connectivity index (χ0n) is 13.3. The van der Waals surface area contributed by atoms with Gasteiger partial charge < -0.3 is 4.74 Å². The summed E-state index contributed by atoms with van der Waals surface area (Å²) in [5.74, 6) is 0.453. The van der Waals surface area contributed by atoms with Crippen molar-refractivity contribution in [2.75, 3.05) is 7.05 Å². The summed E-state index contributed by atoms with van der Waals surface area (Å²) in [7, 11) is 3.51. The van der Waals surface area contributed by atoms with Gasteiger partial charge in [-0.05, 0) is 12.1 Å². The Labute approximate surface area is 150 Å². The average Bonchev–Trinajstić information content (AvgIpc) is 2.89. The van der Waals surface area contributed by atoms with Gasteiger partial charge in [-0.2, -0.15) is 5.10 Å². The topological polar surface area (TPSA) is 39.4 Å². The van der Waals surface area contributed by atoms with Crippen LogP contribution in [0.3, 0.4) is 0 Å². The number of nitrogens with zero attached hydrogens (tertiary/aromatic N) is 3. The number of hydrogen-bond donors (Lipinski definition) is 0. The normalized spacial score (nSPS) is 11.8. The molecule has 0 saturated heterocycles. The monoisotopic (exact) mass is 359 g/mol. The van der Waals surface area contributed by atoms with Crippen molar-refractivity contribution in [3.63, 3.8) is 0 Å². The van der Waals surface area contributed by atoms with Gasteiger partial charge in [-0.25, -0.2) is 0 Å². The van der Waals surface area contributed by atoms with Gasteiger partial charge in [0.15, 0.2) is 0 Å². The molecule has 6 heteroatoms. The van der Waals surface area contributed by atoms with E-state index in [4.69, 9.17) is 27.9 Å². The highest BCUT2D eigenvalue weighted by Crippen LogP contribution is 2.35. The highest BCUT2D eigenvalue weighted by Gasteiger charge is 2.19. The Hall–Kier alpha value is -2.30. The molecular weight excluding hydrogens is 345 g/mol. The summed E-state index contributed by atoms with van der Waals surface area (Å²) < 4.78 is 7.16. The molecule has 2 aromatic carbocycles. The van der Waals surface area contributed by atoms with E-state index in [9.17, 15) is 0 Å². The minimum Gasteiger partial charge on any atom is -0.446 e. The largest absolute Gasteiger partial charge is 0.446 e. The molecule has 0 spiro atoms. The molecule has 122 valence electrons. The Balaban J connectivity index is 2.28. The maximum absolute atomic E-state index is 6.37. The van der Waals surface area contributed by atoms with Crippen molar-refractivity contribution in [1.29, 1.82) is 0 Å². The van der Waals surface area contributed by atoms with Gasteiger partial charge in [0.25, 0.3) is 0 Å². The third-order valence-corrected chi connectivity index (χ3v) is 4.23. The quantitative estimate of drug-likeness (QED) is 0.371. The molecule has 1 heterocycles. The summed E-state index contributed by atoms with van der Waals surface area (Å²) >= 11 is 12.4. The Morgan fingerprint density at radius 2 is 2.04 bits per heavy atom. The van der Waals surface area contributed by atoms with E-state index < -0.39 is 0 Å². The first-order valence-electron chi connectivity index (χ1n) is 7.22. The molecule has 0 radical (unpaired) electrons. The summed E-state index contributed by atoms with van der Waals surface area (Å²) in [6.45, 7) is 3.59. The number of benzene rings is 2. The first-order valence-corrected chi connectivity index (χ1v) is 7.98. The summed E-state index contributed by atoms with van der Waals surface area (Å²) in [4.78, 5) is 4.18. The number of halogens is 2. The van der Waals surface area contributed by atoms with Crippen molar-refractivity contribution in [2.45, 2.75) is 0 Å². The van der Waals surface area contributed by atoms with Crippen molar-refractivity contribution < 1.29 is 4.74 Å². The Kier molecular flexibility index (Phi) is 4.60. The lowest BCUT2D eigenvalue weighted by Crippen LogP contribution is -2.09. The summed E-state index contributed by atoms with van der Waals surface area (Å²) in [6, 6.07) is 11.3. The van der Waals surface area contributed by atoms with Gasteiger partial charge in [-0.15, -0.1) is 0 Å². The van der Waals surface area contributed by atoms with Gasteiger partial charge in [-0.3, -0.25) is 9.67 Å². The van der Waals surface area contributed by atoms with E-state index in [0.29, 0.717) is 15.9 Å². The number of hydrogen-bond acceptors (Lipinski definition) is 3.